The Morgan fingerprint density at radius 3 is 2.40 bits per heavy atom. The summed E-state index contributed by atoms with van der Waals surface area (Å²) in [4.78, 5) is 21.1. The van der Waals surface area contributed by atoms with E-state index in [1.165, 1.54) is 0 Å². The molecule has 0 aliphatic rings. The summed E-state index contributed by atoms with van der Waals surface area (Å²) in [6, 6.07) is 0. The number of carbonyl (C=O) groups excluding carboxylic acids is 1. The maximum Gasteiger partial charge on any atom is 0.335 e. The van der Waals surface area contributed by atoms with Gasteiger partial charge in [-0.25, -0.2) is 9.59 Å². The third-order valence-corrected chi connectivity index (χ3v) is 1.51. The van der Waals surface area contributed by atoms with Gasteiger partial charge in [0.2, 0.25) is 0 Å². The highest BCUT2D eigenvalue weighted by atomic mass is 16.6. The normalized spacial score (nSPS) is 14.3. The lowest BCUT2D eigenvalue weighted by Crippen LogP contribution is -2.39. The Morgan fingerprint density at radius 1 is 1.40 bits per heavy atom. The Labute approximate surface area is 86.2 Å². The average molecular weight is 222 g/mol. The zero-order valence-electron chi connectivity index (χ0n) is 8.25. The minimum Gasteiger partial charge on any atom is -0.479 e. The van der Waals surface area contributed by atoms with Gasteiger partial charge in [0.15, 0.2) is 6.10 Å². The van der Waals surface area contributed by atoms with Crippen LogP contribution in [0.2, 0.25) is 0 Å². The van der Waals surface area contributed by atoms with E-state index in [1.807, 2.05) is 0 Å². The predicted octanol–water partition coefficient (Wildman–Crippen LogP) is -1.63. The first kappa shape index (κ1) is 13.8. The Morgan fingerprint density at radius 2 is 2.00 bits per heavy atom. The number of aliphatic hydroxyl groups is 2. The van der Waals surface area contributed by atoms with Crippen molar-refractivity contribution in [3.8, 4) is 0 Å². The molecule has 0 rings (SSSR count). The maximum atomic E-state index is 10.8. The van der Waals surface area contributed by atoms with Crippen molar-refractivity contribution in [2.75, 3.05) is 19.8 Å². The molecule has 0 aromatic rings. The quantitative estimate of drug-likeness (QED) is 0.443. The topological polar surface area (TPSA) is 113 Å². The van der Waals surface area contributed by atoms with Gasteiger partial charge in [-0.1, -0.05) is 0 Å². The zero-order valence-corrected chi connectivity index (χ0v) is 8.25. The van der Waals surface area contributed by atoms with Crippen LogP contribution in [0.3, 0.4) is 0 Å². The highest BCUT2D eigenvalue weighted by Crippen LogP contribution is 1.99. The van der Waals surface area contributed by atoms with Crippen LogP contribution in [0, 0.1) is 0 Å². The number of aliphatic carboxylic acids is 1. The van der Waals surface area contributed by atoms with E-state index < -0.39 is 37.4 Å². The molecule has 0 spiro atoms. The van der Waals surface area contributed by atoms with Crippen LogP contribution in [0.1, 0.15) is 6.92 Å². The van der Waals surface area contributed by atoms with E-state index in [0.29, 0.717) is 0 Å². The second-order valence-electron chi connectivity index (χ2n) is 2.62. The number of carboxylic acids is 1. The highest BCUT2D eigenvalue weighted by molar-refractivity contribution is 5.73. The van der Waals surface area contributed by atoms with Gasteiger partial charge in [-0.2, -0.15) is 0 Å². The van der Waals surface area contributed by atoms with Crippen LogP contribution in [-0.2, 0) is 19.1 Å². The van der Waals surface area contributed by atoms with Crippen LogP contribution in [0.5, 0.6) is 0 Å². The molecule has 0 saturated heterocycles. The lowest BCUT2D eigenvalue weighted by molar-refractivity contribution is -0.166. The largest absolute Gasteiger partial charge is 0.479 e. The number of carboxylic acid groups (broad SMARTS) is 1. The molecular formula is C8H14O7. The summed E-state index contributed by atoms with van der Waals surface area (Å²) in [6.07, 6.45) is -3.21. The van der Waals surface area contributed by atoms with Gasteiger partial charge in [-0.3, -0.25) is 0 Å². The van der Waals surface area contributed by atoms with Crippen LogP contribution in [0.4, 0.5) is 0 Å². The Kier molecular flexibility index (Phi) is 6.59. The van der Waals surface area contributed by atoms with E-state index in [0.717, 1.165) is 0 Å². The number of aliphatic hydroxyl groups excluding tert-OH is 2. The Balaban J connectivity index is 4.00. The molecule has 0 radical (unpaired) electrons. The van der Waals surface area contributed by atoms with Crippen molar-refractivity contribution in [3.63, 3.8) is 0 Å². The smallest absolute Gasteiger partial charge is 0.335 e. The van der Waals surface area contributed by atoms with Crippen LogP contribution in [0.25, 0.3) is 0 Å². The number of ether oxygens (including phenoxy) is 2. The summed E-state index contributed by atoms with van der Waals surface area (Å²) in [7, 11) is 0. The Bertz CT molecular complexity index is 215. The average Bonchev–Trinajstić information content (AvgIpc) is 2.18. The first-order valence-corrected chi connectivity index (χ1v) is 4.31. The van der Waals surface area contributed by atoms with E-state index in [1.54, 1.807) is 6.92 Å². The molecule has 7 heteroatoms. The van der Waals surface area contributed by atoms with Crippen molar-refractivity contribution in [3.05, 3.63) is 0 Å². The molecule has 0 aliphatic heterocycles. The van der Waals surface area contributed by atoms with Gasteiger partial charge in [-0.05, 0) is 6.92 Å². The van der Waals surface area contributed by atoms with Crippen LogP contribution >= 0.6 is 0 Å². The first-order chi connectivity index (χ1) is 7.02. The maximum absolute atomic E-state index is 10.8. The second kappa shape index (κ2) is 7.16. The van der Waals surface area contributed by atoms with E-state index in [2.05, 4.69) is 9.47 Å². The van der Waals surface area contributed by atoms with Gasteiger partial charge in [0.05, 0.1) is 13.2 Å². The molecule has 0 heterocycles. The molecule has 0 aromatic heterocycles. The molecule has 0 aliphatic carbocycles. The van der Waals surface area contributed by atoms with Crippen LogP contribution in [-0.4, -0.2) is 59.3 Å². The second-order valence-corrected chi connectivity index (χ2v) is 2.62. The first-order valence-electron chi connectivity index (χ1n) is 4.31. The molecule has 3 N–H and O–H groups in total. The summed E-state index contributed by atoms with van der Waals surface area (Å²) < 4.78 is 9.18. The minimum atomic E-state index is -1.87. The van der Waals surface area contributed by atoms with E-state index in [4.69, 9.17) is 15.3 Å². The molecule has 0 bridgehead atoms. The standard InChI is InChI=1S/C8H14O7/c1-2-14-6(10)4-15-5(3-9)7(11)8(12)13/h5,7,9,11H,2-4H2,1H3,(H,12,13). The molecule has 2 atom stereocenters. The number of hydrogen-bond acceptors (Lipinski definition) is 6. The number of hydrogen-bond donors (Lipinski definition) is 3. The third-order valence-electron chi connectivity index (χ3n) is 1.51. The Hall–Kier alpha value is -1.18. The predicted molar refractivity (Wildman–Crippen MR) is 47.1 cm³/mol. The highest BCUT2D eigenvalue weighted by Gasteiger charge is 2.26. The molecular weight excluding hydrogens is 208 g/mol. The van der Waals surface area contributed by atoms with E-state index in [9.17, 15) is 9.59 Å². The molecule has 0 aromatic carbocycles. The minimum absolute atomic E-state index is 0.174. The summed E-state index contributed by atoms with van der Waals surface area (Å²) in [6.45, 7) is 0.567. The number of carbonyl (C=O) groups is 2. The zero-order chi connectivity index (χ0) is 11.8. The monoisotopic (exact) mass is 222 g/mol. The van der Waals surface area contributed by atoms with Crippen LogP contribution in [0.15, 0.2) is 0 Å². The van der Waals surface area contributed by atoms with Crippen molar-refractivity contribution in [1.29, 1.82) is 0 Å². The van der Waals surface area contributed by atoms with Gasteiger partial charge in [0.25, 0.3) is 0 Å². The lowest BCUT2D eigenvalue weighted by Gasteiger charge is -2.17. The van der Waals surface area contributed by atoms with E-state index in [-0.39, 0.29) is 6.61 Å². The van der Waals surface area contributed by atoms with Crippen LogP contribution < -0.4 is 0 Å². The van der Waals surface area contributed by atoms with Gasteiger partial charge >= 0.3 is 11.9 Å². The van der Waals surface area contributed by atoms with Gasteiger partial charge in [0.1, 0.15) is 12.7 Å². The fourth-order valence-electron chi connectivity index (χ4n) is 0.780. The fourth-order valence-corrected chi connectivity index (χ4v) is 0.780. The summed E-state index contributed by atoms with van der Waals surface area (Å²) >= 11 is 0. The molecule has 0 fully saturated rings. The van der Waals surface area contributed by atoms with Crippen molar-refractivity contribution in [2.45, 2.75) is 19.1 Å². The lowest BCUT2D eigenvalue weighted by atomic mass is 10.2. The fraction of sp³-hybridized carbons (Fsp3) is 0.750. The van der Waals surface area contributed by atoms with Gasteiger partial charge in [-0.15, -0.1) is 0 Å². The summed E-state index contributed by atoms with van der Waals surface area (Å²) in [5, 5.41) is 26.1. The summed E-state index contributed by atoms with van der Waals surface area (Å²) in [5.41, 5.74) is 0. The summed E-state index contributed by atoms with van der Waals surface area (Å²) in [5.74, 6) is -2.22. The number of rotatable bonds is 7. The number of esters is 1. The van der Waals surface area contributed by atoms with Crippen molar-refractivity contribution in [2.24, 2.45) is 0 Å². The van der Waals surface area contributed by atoms with Crippen molar-refractivity contribution < 1.29 is 34.4 Å². The van der Waals surface area contributed by atoms with E-state index >= 15 is 0 Å². The SMILES string of the molecule is CCOC(=O)COC(CO)C(O)C(=O)O. The molecule has 7 nitrogen and oxygen atoms in total. The molecule has 88 valence electrons. The third kappa shape index (κ3) is 5.31. The molecule has 15 heavy (non-hydrogen) atoms. The van der Waals surface area contributed by atoms with Crippen molar-refractivity contribution >= 4 is 11.9 Å². The molecule has 2 unspecified atom stereocenters. The van der Waals surface area contributed by atoms with Gasteiger partial charge in [0, 0.05) is 0 Å². The molecule has 0 amide bonds. The molecule has 0 saturated carbocycles. The van der Waals surface area contributed by atoms with Gasteiger partial charge < -0.3 is 24.8 Å². The van der Waals surface area contributed by atoms with Crippen molar-refractivity contribution in [1.82, 2.24) is 0 Å².